The van der Waals surface area contributed by atoms with E-state index in [9.17, 15) is 14.7 Å². The Bertz CT molecular complexity index is 722. The predicted molar refractivity (Wildman–Crippen MR) is 84.6 cm³/mol. The van der Waals surface area contributed by atoms with Gasteiger partial charge in [0.15, 0.2) is 5.78 Å². The van der Waals surface area contributed by atoms with Crippen molar-refractivity contribution in [1.29, 1.82) is 0 Å². The Labute approximate surface area is 130 Å². The molecule has 2 aromatic rings. The van der Waals surface area contributed by atoms with Gasteiger partial charge in [-0.15, -0.1) is 0 Å². The van der Waals surface area contributed by atoms with Crippen LogP contribution < -0.4 is 0 Å². The summed E-state index contributed by atoms with van der Waals surface area (Å²) in [5.74, 6) is -1.11. The molecule has 2 rings (SSSR count). The molecule has 0 amide bonds. The highest BCUT2D eigenvalue weighted by molar-refractivity contribution is 6.01. The van der Waals surface area contributed by atoms with Crippen LogP contribution in [0.5, 0.6) is 0 Å². The third-order valence-electron chi connectivity index (χ3n) is 4.05. The van der Waals surface area contributed by atoms with Gasteiger partial charge in [-0.25, -0.2) is 4.79 Å². The van der Waals surface area contributed by atoms with Crippen LogP contribution >= 0.6 is 0 Å². The molecular weight excluding hydrogens is 280 g/mol. The van der Waals surface area contributed by atoms with E-state index in [0.29, 0.717) is 23.4 Å². The molecule has 0 saturated heterocycles. The topological polar surface area (TPSA) is 64.2 Å². The molecule has 118 valence electrons. The number of carbonyl (C=O) groups excluding carboxylic acids is 1. The van der Waals surface area contributed by atoms with Crippen LogP contribution in [0.3, 0.4) is 0 Å². The molecule has 0 aliphatic carbocycles. The number of carboxylic acids is 1. The van der Waals surface area contributed by atoms with Gasteiger partial charge in [0, 0.05) is 30.2 Å². The molecule has 0 spiro atoms. The maximum atomic E-state index is 11.9. The van der Waals surface area contributed by atoms with E-state index in [0.717, 1.165) is 0 Å². The second-order valence-corrected chi connectivity index (χ2v) is 6.30. The number of rotatable bonds is 5. The number of carboxylic acid groups (broad SMARTS) is 1. The van der Waals surface area contributed by atoms with E-state index in [1.807, 2.05) is 49.9 Å². The molecule has 0 aromatic carbocycles. The smallest absolute Gasteiger partial charge is 0.352 e. The summed E-state index contributed by atoms with van der Waals surface area (Å²) in [7, 11) is 0. The molecule has 2 heterocycles. The van der Waals surface area contributed by atoms with Crippen molar-refractivity contribution >= 4 is 11.8 Å². The minimum atomic E-state index is -1.01. The van der Waals surface area contributed by atoms with Crippen molar-refractivity contribution in [3.05, 3.63) is 47.0 Å². The molecule has 1 N–H and O–H groups in total. The average molecular weight is 302 g/mol. The molecule has 0 aliphatic heterocycles. The van der Waals surface area contributed by atoms with E-state index in [1.54, 1.807) is 11.5 Å². The van der Waals surface area contributed by atoms with Crippen LogP contribution in [0.25, 0.3) is 0 Å². The fraction of sp³-hybridized carbons (Fsp3) is 0.412. The van der Waals surface area contributed by atoms with Crippen molar-refractivity contribution in [3.63, 3.8) is 0 Å². The molecule has 0 aliphatic rings. The first-order valence-electron chi connectivity index (χ1n) is 7.24. The van der Waals surface area contributed by atoms with E-state index < -0.39 is 11.5 Å². The summed E-state index contributed by atoms with van der Waals surface area (Å²) >= 11 is 0. The number of nitrogens with zero attached hydrogens (tertiary/aromatic N) is 2. The maximum Gasteiger partial charge on any atom is 0.352 e. The van der Waals surface area contributed by atoms with Gasteiger partial charge in [-0.05, 0) is 52.3 Å². The molecule has 0 unspecified atom stereocenters. The van der Waals surface area contributed by atoms with Gasteiger partial charge in [0.05, 0.1) is 5.54 Å². The highest BCUT2D eigenvalue weighted by Crippen LogP contribution is 2.30. The zero-order valence-electron chi connectivity index (χ0n) is 13.7. The highest BCUT2D eigenvalue weighted by atomic mass is 16.4. The second-order valence-electron chi connectivity index (χ2n) is 6.30. The zero-order chi connectivity index (χ0) is 16.7. The van der Waals surface area contributed by atoms with Crippen molar-refractivity contribution in [2.75, 3.05) is 0 Å². The van der Waals surface area contributed by atoms with Crippen molar-refractivity contribution in [3.8, 4) is 0 Å². The number of aromatic nitrogens is 2. The number of ketones is 1. The molecule has 0 atom stereocenters. The zero-order valence-corrected chi connectivity index (χ0v) is 13.7. The maximum absolute atomic E-state index is 11.9. The Morgan fingerprint density at radius 3 is 2.18 bits per heavy atom. The first kappa shape index (κ1) is 16.1. The van der Waals surface area contributed by atoms with Gasteiger partial charge in [0.25, 0.3) is 0 Å². The largest absolute Gasteiger partial charge is 0.477 e. The Balaban J connectivity index is 2.65. The second kappa shape index (κ2) is 5.48. The van der Waals surface area contributed by atoms with Crippen molar-refractivity contribution in [2.45, 2.75) is 46.7 Å². The lowest BCUT2D eigenvalue weighted by molar-refractivity contribution is 0.0673. The Morgan fingerprint density at radius 1 is 1.18 bits per heavy atom. The van der Waals surface area contributed by atoms with Gasteiger partial charge < -0.3 is 14.2 Å². The lowest BCUT2D eigenvalue weighted by Gasteiger charge is -2.31. The van der Waals surface area contributed by atoms with Crippen molar-refractivity contribution in [2.24, 2.45) is 0 Å². The number of Topliss-reactive ketones (excluding diaryl/α,β-unsaturated/α-hetero) is 1. The fourth-order valence-electron chi connectivity index (χ4n) is 3.36. The Morgan fingerprint density at radius 2 is 1.73 bits per heavy atom. The Hall–Kier alpha value is -2.30. The lowest BCUT2D eigenvalue weighted by Crippen LogP contribution is -2.34. The van der Waals surface area contributed by atoms with Gasteiger partial charge in [-0.3, -0.25) is 4.79 Å². The SMILES string of the molecule is CC(=O)c1c(C)c(C(=O)O)n(C(C)(C)Cn2cccc2)c1C. The minimum Gasteiger partial charge on any atom is -0.477 e. The van der Waals surface area contributed by atoms with Crippen LogP contribution in [0.1, 0.15) is 52.9 Å². The van der Waals surface area contributed by atoms with Crippen LogP contribution in [0, 0.1) is 13.8 Å². The summed E-state index contributed by atoms with van der Waals surface area (Å²) in [6.45, 7) is 9.57. The molecule has 0 saturated carbocycles. The summed E-state index contributed by atoms with van der Waals surface area (Å²) in [5.41, 5.74) is 1.48. The third kappa shape index (κ3) is 2.58. The number of hydrogen-bond donors (Lipinski definition) is 1. The third-order valence-corrected chi connectivity index (χ3v) is 4.05. The van der Waals surface area contributed by atoms with Crippen molar-refractivity contribution in [1.82, 2.24) is 9.13 Å². The van der Waals surface area contributed by atoms with Gasteiger partial charge in [0.2, 0.25) is 0 Å². The molecule has 22 heavy (non-hydrogen) atoms. The average Bonchev–Trinajstić information content (AvgIpc) is 2.94. The van der Waals surface area contributed by atoms with E-state index in [4.69, 9.17) is 0 Å². The molecule has 5 heteroatoms. The van der Waals surface area contributed by atoms with Crippen LogP contribution in [0.2, 0.25) is 0 Å². The summed E-state index contributed by atoms with van der Waals surface area (Å²) < 4.78 is 3.79. The molecule has 2 aromatic heterocycles. The fourth-order valence-corrected chi connectivity index (χ4v) is 3.36. The first-order valence-corrected chi connectivity index (χ1v) is 7.24. The van der Waals surface area contributed by atoms with Gasteiger partial charge in [0.1, 0.15) is 5.69 Å². The molecule has 5 nitrogen and oxygen atoms in total. The van der Waals surface area contributed by atoms with E-state index >= 15 is 0 Å². The van der Waals surface area contributed by atoms with Gasteiger partial charge >= 0.3 is 5.97 Å². The number of aromatic carboxylic acids is 1. The van der Waals surface area contributed by atoms with Crippen LogP contribution in [0.15, 0.2) is 24.5 Å². The van der Waals surface area contributed by atoms with Crippen LogP contribution in [-0.4, -0.2) is 26.0 Å². The molecule has 0 fully saturated rings. The summed E-state index contributed by atoms with van der Waals surface area (Å²) in [4.78, 5) is 23.6. The number of carbonyl (C=O) groups is 2. The van der Waals surface area contributed by atoms with E-state index in [1.165, 1.54) is 6.92 Å². The monoisotopic (exact) mass is 302 g/mol. The van der Waals surface area contributed by atoms with E-state index in [-0.39, 0.29) is 11.5 Å². The van der Waals surface area contributed by atoms with Crippen LogP contribution in [0.4, 0.5) is 0 Å². The molecule has 0 bridgehead atoms. The highest BCUT2D eigenvalue weighted by Gasteiger charge is 2.32. The van der Waals surface area contributed by atoms with Gasteiger partial charge in [-0.1, -0.05) is 0 Å². The number of hydrogen-bond acceptors (Lipinski definition) is 2. The molecule has 0 radical (unpaired) electrons. The summed E-state index contributed by atoms with van der Waals surface area (Å²) in [5, 5.41) is 9.62. The van der Waals surface area contributed by atoms with Crippen LogP contribution in [-0.2, 0) is 12.1 Å². The normalized spacial score (nSPS) is 11.7. The first-order chi connectivity index (χ1) is 10.2. The molecular formula is C17H22N2O3. The van der Waals surface area contributed by atoms with Crippen molar-refractivity contribution < 1.29 is 14.7 Å². The summed E-state index contributed by atoms with van der Waals surface area (Å²) in [6.07, 6.45) is 3.89. The Kier molecular flexibility index (Phi) is 4.00. The summed E-state index contributed by atoms with van der Waals surface area (Å²) in [6, 6.07) is 3.87. The quantitative estimate of drug-likeness (QED) is 0.862. The predicted octanol–water partition coefficient (Wildman–Crippen LogP) is 3.24. The standard InChI is InChI=1S/C17H22N2O3/c1-11-14(13(3)20)12(2)19(15(11)16(21)22)17(4,5)10-18-8-6-7-9-18/h6-9H,10H2,1-5H3,(H,21,22). The lowest BCUT2D eigenvalue weighted by atomic mass is 10.0. The minimum absolute atomic E-state index is 0.104. The van der Waals surface area contributed by atoms with Gasteiger partial charge in [-0.2, -0.15) is 0 Å². The van der Waals surface area contributed by atoms with E-state index in [2.05, 4.69) is 0 Å².